The Kier molecular flexibility index (Phi) is 6.78. The number of piperidine rings is 1. The summed E-state index contributed by atoms with van der Waals surface area (Å²) < 4.78 is 9.57. The molecule has 0 aliphatic carbocycles. The SMILES string of the molecule is COCCN1CCC(Nc2nc(-c3nc4ccccc4n3[C@@H](C)c3ccccc3)cn3c(C)nnc23)CC1. The molecule has 0 radical (unpaired) electrons. The fourth-order valence-electron chi connectivity index (χ4n) is 5.42. The first-order chi connectivity index (χ1) is 18.6. The second-order valence-corrected chi connectivity index (χ2v) is 10.0. The van der Waals surface area contributed by atoms with Gasteiger partial charge >= 0.3 is 0 Å². The maximum atomic E-state index is 5.26. The zero-order valence-electron chi connectivity index (χ0n) is 22.2. The van der Waals surface area contributed by atoms with Gasteiger partial charge in [-0.1, -0.05) is 42.5 Å². The van der Waals surface area contributed by atoms with E-state index in [0.717, 1.165) is 78.9 Å². The smallest absolute Gasteiger partial charge is 0.203 e. The molecule has 0 amide bonds. The van der Waals surface area contributed by atoms with Crippen LogP contribution in [0.15, 0.2) is 60.8 Å². The lowest BCUT2D eigenvalue weighted by Crippen LogP contribution is -2.40. The van der Waals surface area contributed by atoms with Gasteiger partial charge in [0, 0.05) is 39.0 Å². The fraction of sp³-hybridized carbons (Fsp3) is 0.379. The first-order valence-corrected chi connectivity index (χ1v) is 13.3. The van der Waals surface area contributed by atoms with Crippen molar-refractivity contribution in [2.24, 2.45) is 0 Å². The average Bonchev–Trinajstić information content (AvgIpc) is 3.53. The number of imidazole rings is 1. The molecular formula is C29H34N8O. The van der Waals surface area contributed by atoms with E-state index in [-0.39, 0.29) is 6.04 Å². The van der Waals surface area contributed by atoms with Crippen molar-refractivity contribution in [1.82, 2.24) is 34.0 Å². The van der Waals surface area contributed by atoms with Crippen molar-refractivity contribution < 1.29 is 4.74 Å². The summed E-state index contributed by atoms with van der Waals surface area (Å²) in [5.74, 6) is 2.40. The average molecular weight is 511 g/mol. The Balaban J connectivity index is 1.40. The van der Waals surface area contributed by atoms with Gasteiger partial charge in [-0.05, 0) is 44.4 Å². The highest BCUT2D eigenvalue weighted by atomic mass is 16.5. The lowest BCUT2D eigenvalue weighted by molar-refractivity contribution is 0.132. The standard InChI is InChI=1S/C29H34N8O/c1-20(22-9-5-4-6-10-22)37-26-12-8-7-11-24(26)32-28(37)25-19-36-21(2)33-34-29(36)27(31-25)30-23-13-15-35(16-14-23)17-18-38-3/h4-12,19-20,23H,13-18H2,1-3H3,(H,30,31)/t20-/m0/s1. The third-order valence-corrected chi connectivity index (χ3v) is 7.60. The van der Waals surface area contributed by atoms with E-state index < -0.39 is 0 Å². The highest BCUT2D eigenvalue weighted by Crippen LogP contribution is 2.32. The number of benzene rings is 2. The maximum Gasteiger partial charge on any atom is 0.203 e. The molecule has 1 aliphatic rings. The number of anilines is 1. The zero-order chi connectivity index (χ0) is 26.1. The van der Waals surface area contributed by atoms with E-state index in [1.807, 2.05) is 29.7 Å². The normalized spacial score (nSPS) is 15.9. The number of hydrogen-bond acceptors (Lipinski definition) is 7. The molecule has 9 nitrogen and oxygen atoms in total. The van der Waals surface area contributed by atoms with Gasteiger partial charge in [0.15, 0.2) is 11.6 Å². The number of aromatic nitrogens is 6. The monoisotopic (exact) mass is 510 g/mol. The first kappa shape index (κ1) is 24.5. The van der Waals surface area contributed by atoms with Crippen LogP contribution in [0.4, 0.5) is 5.82 Å². The summed E-state index contributed by atoms with van der Waals surface area (Å²) in [5, 5.41) is 12.5. The summed E-state index contributed by atoms with van der Waals surface area (Å²) in [5.41, 5.74) is 4.79. The van der Waals surface area contributed by atoms with Crippen LogP contribution >= 0.6 is 0 Å². The van der Waals surface area contributed by atoms with Gasteiger partial charge in [0.2, 0.25) is 5.65 Å². The molecule has 0 spiro atoms. The van der Waals surface area contributed by atoms with E-state index in [4.69, 9.17) is 14.7 Å². The minimum atomic E-state index is 0.0749. The molecule has 1 atom stereocenters. The molecule has 1 fully saturated rings. The van der Waals surface area contributed by atoms with Crippen LogP contribution in [0.3, 0.4) is 0 Å². The van der Waals surface area contributed by atoms with Gasteiger partial charge in [-0.2, -0.15) is 0 Å². The van der Waals surface area contributed by atoms with E-state index in [2.05, 4.69) is 74.4 Å². The van der Waals surface area contributed by atoms with Gasteiger partial charge in [-0.3, -0.25) is 4.40 Å². The summed E-state index contributed by atoms with van der Waals surface area (Å²) in [4.78, 5) is 12.7. The van der Waals surface area contributed by atoms with Gasteiger partial charge in [-0.25, -0.2) is 9.97 Å². The molecule has 1 saturated heterocycles. The molecule has 5 aromatic rings. The fourth-order valence-corrected chi connectivity index (χ4v) is 5.42. The zero-order valence-corrected chi connectivity index (χ0v) is 22.2. The Bertz CT molecular complexity index is 1530. The van der Waals surface area contributed by atoms with Crippen LogP contribution in [0.1, 0.15) is 37.2 Å². The number of rotatable bonds is 8. The molecular weight excluding hydrogens is 476 g/mol. The molecule has 6 rings (SSSR count). The largest absolute Gasteiger partial charge is 0.383 e. The number of methoxy groups -OCH3 is 1. The number of ether oxygens (including phenoxy) is 1. The van der Waals surface area contributed by atoms with Crippen LogP contribution in [-0.4, -0.2) is 73.4 Å². The van der Waals surface area contributed by atoms with E-state index in [0.29, 0.717) is 6.04 Å². The molecule has 0 saturated carbocycles. The van der Waals surface area contributed by atoms with Gasteiger partial charge in [0.1, 0.15) is 11.5 Å². The van der Waals surface area contributed by atoms with E-state index in [1.165, 1.54) is 5.56 Å². The molecule has 2 aromatic carbocycles. The van der Waals surface area contributed by atoms with Crippen molar-refractivity contribution in [1.29, 1.82) is 0 Å². The molecule has 196 valence electrons. The maximum absolute atomic E-state index is 5.26. The third-order valence-electron chi connectivity index (χ3n) is 7.60. The first-order valence-electron chi connectivity index (χ1n) is 13.3. The highest BCUT2D eigenvalue weighted by molar-refractivity contribution is 5.81. The quantitative estimate of drug-likeness (QED) is 0.327. The topological polar surface area (TPSA) is 85.4 Å². The highest BCUT2D eigenvalue weighted by Gasteiger charge is 2.24. The predicted molar refractivity (Wildman–Crippen MR) is 149 cm³/mol. The summed E-state index contributed by atoms with van der Waals surface area (Å²) in [6.45, 7) is 7.99. The van der Waals surface area contributed by atoms with E-state index in [1.54, 1.807) is 7.11 Å². The Labute approximate surface area is 222 Å². The molecule has 38 heavy (non-hydrogen) atoms. The van der Waals surface area contributed by atoms with Crippen LogP contribution in [-0.2, 0) is 4.74 Å². The van der Waals surface area contributed by atoms with Gasteiger partial charge in [0.05, 0.1) is 23.7 Å². The lowest BCUT2D eigenvalue weighted by Gasteiger charge is -2.32. The number of hydrogen-bond donors (Lipinski definition) is 1. The lowest BCUT2D eigenvalue weighted by atomic mass is 10.1. The second kappa shape index (κ2) is 10.5. The van der Waals surface area contributed by atoms with Gasteiger partial charge < -0.3 is 19.5 Å². The third kappa shape index (κ3) is 4.63. The summed E-state index contributed by atoms with van der Waals surface area (Å²) in [7, 11) is 1.76. The Hall–Kier alpha value is -3.82. The van der Waals surface area contributed by atoms with Crippen molar-refractivity contribution in [2.75, 3.05) is 38.7 Å². The van der Waals surface area contributed by atoms with E-state index in [9.17, 15) is 0 Å². The number of fused-ring (bicyclic) bond motifs is 2. The van der Waals surface area contributed by atoms with Crippen LogP contribution in [0, 0.1) is 6.92 Å². The molecule has 0 unspecified atom stereocenters. The van der Waals surface area contributed by atoms with Crippen LogP contribution < -0.4 is 5.32 Å². The van der Waals surface area contributed by atoms with Gasteiger partial charge in [-0.15, -0.1) is 10.2 Å². The van der Waals surface area contributed by atoms with Crippen LogP contribution in [0.5, 0.6) is 0 Å². The summed E-state index contributed by atoms with van der Waals surface area (Å²) in [6.07, 6.45) is 4.09. The van der Waals surface area contributed by atoms with Crippen LogP contribution in [0.2, 0.25) is 0 Å². The second-order valence-electron chi connectivity index (χ2n) is 10.0. The summed E-state index contributed by atoms with van der Waals surface area (Å²) in [6, 6.07) is 19.2. The van der Waals surface area contributed by atoms with Crippen molar-refractivity contribution in [3.8, 4) is 11.5 Å². The van der Waals surface area contributed by atoms with Crippen molar-refractivity contribution >= 4 is 22.5 Å². The minimum absolute atomic E-state index is 0.0749. The van der Waals surface area contributed by atoms with Crippen LogP contribution in [0.25, 0.3) is 28.2 Å². The molecule has 1 N–H and O–H groups in total. The Morgan fingerprint density at radius 1 is 1.00 bits per heavy atom. The predicted octanol–water partition coefficient (Wildman–Crippen LogP) is 4.58. The van der Waals surface area contributed by atoms with Crippen molar-refractivity contribution in [2.45, 2.75) is 38.8 Å². The molecule has 4 heterocycles. The Morgan fingerprint density at radius 3 is 2.55 bits per heavy atom. The molecule has 9 heteroatoms. The molecule has 1 aliphatic heterocycles. The number of nitrogens with one attached hydrogen (secondary N) is 1. The van der Waals surface area contributed by atoms with Gasteiger partial charge in [0.25, 0.3) is 0 Å². The van der Waals surface area contributed by atoms with Crippen molar-refractivity contribution in [3.05, 3.63) is 72.2 Å². The van der Waals surface area contributed by atoms with Crippen molar-refractivity contribution in [3.63, 3.8) is 0 Å². The Morgan fingerprint density at radius 2 is 1.76 bits per heavy atom. The molecule has 3 aromatic heterocycles. The number of aryl methyl sites for hydroxylation is 1. The number of nitrogens with zero attached hydrogens (tertiary/aromatic N) is 7. The summed E-state index contributed by atoms with van der Waals surface area (Å²) >= 11 is 0. The minimum Gasteiger partial charge on any atom is -0.383 e. The molecule has 0 bridgehead atoms. The number of likely N-dealkylation sites (tertiary alicyclic amines) is 1. The van der Waals surface area contributed by atoms with E-state index >= 15 is 0 Å². The number of para-hydroxylation sites is 2.